The highest BCUT2D eigenvalue weighted by Gasteiger charge is 2.04. The number of halogens is 1. The van der Waals surface area contributed by atoms with E-state index in [0.29, 0.717) is 5.56 Å². The lowest BCUT2D eigenvalue weighted by Crippen LogP contribution is -2.17. The van der Waals surface area contributed by atoms with E-state index in [9.17, 15) is 0 Å². The fraction of sp³-hybridized carbons (Fsp3) is 0. The number of nitrogens with zero attached hydrogens (tertiary/aromatic N) is 3. The largest absolute Gasteiger partial charge is 0.382 e. The summed E-state index contributed by atoms with van der Waals surface area (Å²) in [4.78, 5) is 3.79. The quantitative estimate of drug-likeness (QED) is 0.285. The van der Waals surface area contributed by atoms with Crippen molar-refractivity contribution >= 4 is 18.2 Å². The summed E-state index contributed by atoms with van der Waals surface area (Å²) in [5.74, 6) is 5.06. The third-order valence-corrected chi connectivity index (χ3v) is 1.33. The molecule has 0 amide bonds. The molecule has 0 aromatic carbocycles. The Morgan fingerprint density at radius 3 is 2.85 bits per heavy atom. The van der Waals surface area contributed by atoms with E-state index in [1.165, 1.54) is 6.20 Å². The van der Waals surface area contributed by atoms with Gasteiger partial charge in [-0.05, 0) is 12.1 Å². The topological polar surface area (TPSA) is 101 Å². The number of hydrazone groups is 1. The SMILES string of the molecule is Cl.N#Cc1ncccc1C(N)=NN. The minimum Gasteiger partial charge on any atom is -0.382 e. The van der Waals surface area contributed by atoms with Crippen molar-refractivity contribution in [1.29, 1.82) is 5.26 Å². The van der Waals surface area contributed by atoms with Gasteiger partial charge in [0.05, 0.1) is 5.56 Å². The van der Waals surface area contributed by atoms with E-state index in [-0.39, 0.29) is 23.9 Å². The number of pyridine rings is 1. The second kappa shape index (κ2) is 4.95. The van der Waals surface area contributed by atoms with Gasteiger partial charge in [-0.15, -0.1) is 12.4 Å². The van der Waals surface area contributed by atoms with Crippen molar-refractivity contribution in [1.82, 2.24) is 4.98 Å². The van der Waals surface area contributed by atoms with E-state index >= 15 is 0 Å². The molecule has 0 saturated carbocycles. The maximum atomic E-state index is 8.60. The number of nitriles is 1. The lowest BCUT2D eigenvalue weighted by Gasteiger charge is -1.98. The van der Waals surface area contributed by atoms with Crippen LogP contribution in [0.3, 0.4) is 0 Å². The molecule has 1 aromatic heterocycles. The minimum absolute atomic E-state index is 0. The Bertz CT molecular complexity index is 354. The van der Waals surface area contributed by atoms with Gasteiger partial charge in [0.2, 0.25) is 0 Å². The first-order chi connectivity index (χ1) is 5.79. The van der Waals surface area contributed by atoms with Gasteiger partial charge < -0.3 is 11.6 Å². The van der Waals surface area contributed by atoms with Crippen LogP contribution in [0.15, 0.2) is 23.4 Å². The fourth-order valence-corrected chi connectivity index (χ4v) is 0.771. The van der Waals surface area contributed by atoms with Gasteiger partial charge in [0.25, 0.3) is 0 Å². The summed E-state index contributed by atoms with van der Waals surface area (Å²) in [6.07, 6.45) is 1.51. The van der Waals surface area contributed by atoms with Crippen molar-refractivity contribution in [2.75, 3.05) is 0 Å². The van der Waals surface area contributed by atoms with Crippen LogP contribution >= 0.6 is 12.4 Å². The van der Waals surface area contributed by atoms with Crippen LogP contribution in [0.1, 0.15) is 11.3 Å². The molecule has 1 heterocycles. The predicted molar refractivity (Wildman–Crippen MR) is 51.1 cm³/mol. The minimum atomic E-state index is 0. The van der Waals surface area contributed by atoms with E-state index < -0.39 is 0 Å². The van der Waals surface area contributed by atoms with Crippen molar-refractivity contribution in [2.24, 2.45) is 16.7 Å². The smallest absolute Gasteiger partial charge is 0.153 e. The van der Waals surface area contributed by atoms with Crippen molar-refractivity contribution in [3.8, 4) is 6.07 Å². The predicted octanol–water partition coefficient (Wildman–Crippen LogP) is -0.0459. The molecule has 0 atom stereocenters. The molecular formula is C7H8ClN5. The maximum absolute atomic E-state index is 8.60. The summed E-state index contributed by atoms with van der Waals surface area (Å²) in [5.41, 5.74) is 6.09. The van der Waals surface area contributed by atoms with Gasteiger partial charge in [0, 0.05) is 6.20 Å². The first kappa shape index (κ1) is 11.2. The zero-order valence-electron chi connectivity index (χ0n) is 6.64. The Morgan fingerprint density at radius 2 is 2.31 bits per heavy atom. The molecule has 0 radical (unpaired) electrons. The number of hydrogen-bond donors (Lipinski definition) is 2. The fourth-order valence-electron chi connectivity index (χ4n) is 0.771. The van der Waals surface area contributed by atoms with Crippen LogP contribution in [0.4, 0.5) is 0 Å². The summed E-state index contributed by atoms with van der Waals surface area (Å²) in [6.45, 7) is 0. The van der Waals surface area contributed by atoms with Gasteiger partial charge >= 0.3 is 0 Å². The van der Waals surface area contributed by atoms with E-state index in [2.05, 4.69) is 10.1 Å². The van der Waals surface area contributed by atoms with Crippen LogP contribution in [-0.2, 0) is 0 Å². The molecule has 4 N–H and O–H groups in total. The molecule has 0 unspecified atom stereocenters. The van der Waals surface area contributed by atoms with Crippen molar-refractivity contribution in [3.05, 3.63) is 29.6 Å². The molecule has 1 rings (SSSR count). The summed E-state index contributed by atoms with van der Waals surface area (Å²) < 4.78 is 0. The number of nitrogens with two attached hydrogens (primary N) is 2. The Balaban J connectivity index is 0.00000144. The number of hydrogen-bond acceptors (Lipinski definition) is 4. The third-order valence-electron chi connectivity index (χ3n) is 1.33. The molecular weight excluding hydrogens is 190 g/mol. The molecule has 0 spiro atoms. The molecule has 6 heteroatoms. The molecule has 0 aliphatic rings. The summed E-state index contributed by atoms with van der Waals surface area (Å²) in [6, 6.07) is 5.18. The molecule has 68 valence electrons. The number of aromatic nitrogens is 1. The summed E-state index contributed by atoms with van der Waals surface area (Å²) in [7, 11) is 0. The van der Waals surface area contributed by atoms with E-state index in [4.69, 9.17) is 16.8 Å². The molecule has 0 fully saturated rings. The van der Waals surface area contributed by atoms with Crippen LogP contribution in [0.25, 0.3) is 0 Å². The Hall–Kier alpha value is -1.80. The Labute approximate surface area is 81.5 Å². The van der Waals surface area contributed by atoms with Gasteiger partial charge in [-0.1, -0.05) is 0 Å². The first-order valence-electron chi connectivity index (χ1n) is 3.18. The molecule has 1 aromatic rings. The highest BCUT2D eigenvalue weighted by atomic mass is 35.5. The van der Waals surface area contributed by atoms with E-state index in [1.807, 2.05) is 6.07 Å². The maximum Gasteiger partial charge on any atom is 0.153 e. The average Bonchev–Trinajstić information content (AvgIpc) is 2.16. The summed E-state index contributed by atoms with van der Waals surface area (Å²) in [5, 5.41) is 11.9. The third kappa shape index (κ3) is 2.32. The second-order valence-corrected chi connectivity index (χ2v) is 2.03. The Kier molecular flexibility index (Phi) is 4.27. The lowest BCUT2D eigenvalue weighted by atomic mass is 10.2. The molecule has 5 nitrogen and oxygen atoms in total. The van der Waals surface area contributed by atoms with Gasteiger partial charge in [-0.25, -0.2) is 4.98 Å². The number of rotatable bonds is 1. The van der Waals surface area contributed by atoms with Crippen molar-refractivity contribution in [3.63, 3.8) is 0 Å². The van der Waals surface area contributed by atoms with Crippen molar-refractivity contribution in [2.45, 2.75) is 0 Å². The highest BCUT2D eigenvalue weighted by molar-refractivity contribution is 5.98. The summed E-state index contributed by atoms with van der Waals surface area (Å²) >= 11 is 0. The lowest BCUT2D eigenvalue weighted by molar-refractivity contribution is 1.20. The van der Waals surface area contributed by atoms with Gasteiger partial charge in [-0.2, -0.15) is 10.4 Å². The van der Waals surface area contributed by atoms with Crippen LogP contribution in [0.2, 0.25) is 0 Å². The molecule has 0 aliphatic carbocycles. The normalized spacial score (nSPS) is 9.92. The van der Waals surface area contributed by atoms with Gasteiger partial charge in [-0.3, -0.25) is 0 Å². The van der Waals surface area contributed by atoms with Crippen LogP contribution < -0.4 is 11.6 Å². The second-order valence-electron chi connectivity index (χ2n) is 2.03. The monoisotopic (exact) mass is 197 g/mol. The van der Waals surface area contributed by atoms with Crippen LogP contribution in [-0.4, -0.2) is 10.8 Å². The van der Waals surface area contributed by atoms with Crippen LogP contribution in [0, 0.1) is 11.3 Å². The standard InChI is InChI=1S/C7H7N5.ClH/c8-4-6-5(7(9)12-10)2-1-3-11-6;/h1-3H,10H2,(H2,9,12);1H. The van der Waals surface area contributed by atoms with Gasteiger partial charge in [0.1, 0.15) is 6.07 Å². The first-order valence-corrected chi connectivity index (χ1v) is 3.18. The van der Waals surface area contributed by atoms with Crippen LogP contribution in [0.5, 0.6) is 0 Å². The Morgan fingerprint density at radius 1 is 1.62 bits per heavy atom. The molecule has 0 aliphatic heterocycles. The number of amidine groups is 1. The average molecular weight is 198 g/mol. The highest BCUT2D eigenvalue weighted by Crippen LogP contribution is 2.01. The molecule has 13 heavy (non-hydrogen) atoms. The van der Waals surface area contributed by atoms with E-state index in [0.717, 1.165) is 0 Å². The zero-order chi connectivity index (χ0) is 8.97. The van der Waals surface area contributed by atoms with E-state index in [1.54, 1.807) is 12.1 Å². The van der Waals surface area contributed by atoms with Crippen molar-refractivity contribution < 1.29 is 0 Å². The molecule has 0 bridgehead atoms. The van der Waals surface area contributed by atoms with Gasteiger partial charge in [0.15, 0.2) is 11.5 Å². The molecule has 0 saturated heterocycles. The zero-order valence-corrected chi connectivity index (χ0v) is 7.45.